The summed E-state index contributed by atoms with van der Waals surface area (Å²) in [5, 5.41) is 0. The minimum absolute atomic E-state index is 0.363. The predicted octanol–water partition coefficient (Wildman–Crippen LogP) is 10.2. The molecule has 1 aliphatic heterocycles. The van der Waals surface area contributed by atoms with Gasteiger partial charge in [-0.1, -0.05) is 122 Å². The Morgan fingerprint density at radius 1 is 0.647 bits per heavy atom. The Hall–Kier alpha value is -1.05. The highest BCUT2D eigenvalue weighted by Crippen LogP contribution is 2.16. The van der Waals surface area contributed by atoms with Crippen molar-refractivity contribution in [2.75, 3.05) is 13.1 Å². The molecule has 0 aliphatic carbocycles. The summed E-state index contributed by atoms with van der Waals surface area (Å²) in [4.78, 5) is 14.0. The van der Waals surface area contributed by atoms with Gasteiger partial charge in [-0.2, -0.15) is 0 Å². The summed E-state index contributed by atoms with van der Waals surface area (Å²) in [5.74, 6) is 1.30. The first-order chi connectivity index (χ1) is 16.7. The van der Waals surface area contributed by atoms with Crippen LogP contribution in [-0.4, -0.2) is 23.9 Å². The summed E-state index contributed by atoms with van der Waals surface area (Å²) >= 11 is 0. The lowest BCUT2D eigenvalue weighted by atomic mass is 9.99. The number of unbranched alkanes of at least 4 members (excludes halogenated alkanes) is 14. The van der Waals surface area contributed by atoms with Crippen molar-refractivity contribution in [2.45, 2.75) is 155 Å². The van der Waals surface area contributed by atoms with Crippen molar-refractivity contribution in [1.29, 1.82) is 0 Å². The van der Waals surface area contributed by atoms with E-state index in [0.29, 0.717) is 5.91 Å². The van der Waals surface area contributed by atoms with Crippen LogP contribution < -0.4 is 0 Å². The SMILES string of the molecule is CCC(C)CCCCCCCCCCCCCCC=CCCC=CCCCC(=O)N1CCCC1. The van der Waals surface area contributed by atoms with E-state index >= 15 is 0 Å². The Morgan fingerprint density at radius 3 is 1.62 bits per heavy atom. The van der Waals surface area contributed by atoms with Crippen LogP contribution in [0.25, 0.3) is 0 Å². The van der Waals surface area contributed by atoms with Gasteiger partial charge in [-0.05, 0) is 57.3 Å². The van der Waals surface area contributed by atoms with Crippen LogP contribution in [0.5, 0.6) is 0 Å². The molecule has 34 heavy (non-hydrogen) atoms. The largest absolute Gasteiger partial charge is 0.343 e. The Kier molecular flexibility index (Phi) is 21.6. The summed E-state index contributed by atoms with van der Waals surface area (Å²) in [6, 6.07) is 0. The number of hydrogen-bond acceptors (Lipinski definition) is 1. The van der Waals surface area contributed by atoms with Gasteiger partial charge in [0.2, 0.25) is 5.91 Å². The molecule has 1 fully saturated rings. The summed E-state index contributed by atoms with van der Waals surface area (Å²) in [6.45, 7) is 6.68. The molecule has 1 unspecified atom stereocenters. The van der Waals surface area contributed by atoms with Crippen LogP contribution in [-0.2, 0) is 4.79 Å². The van der Waals surface area contributed by atoms with Crippen molar-refractivity contribution in [2.24, 2.45) is 5.92 Å². The van der Waals surface area contributed by atoms with Crippen LogP contribution in [0.15, 0.2) is 24.3 Å². The Morgan fingerprint density at radius 2 is 1.09 bits per heavy atom. The van der Waals surface area contributed by atoms with Crippen LogP contribution in [0, 0.1) is 5.92 Å². The fourth-order valence-corrected chi connectivity index (χ4v) is 4.89. The van der Waals surface area contributed by atoms with E-state index in [-0.39, 0.29) is 0 Å². The van der Waals surface area contributed by atoms with Gasteiger partial charge in [-0.3, -0.25) is 4.79 Å². The molecular formula is C32H59NO. The van der Waals surface area contributed by atoms with Crippen molar-refractivity contribution in [3.05, 3.63) is 24.3 Å². The van der Waals surface area contributed by atoms with Gasteiger partial charge in [-0.15, -0.1) is 0 Å². The van der Waals surface area contributed by atoms with E-state index < -0.39 is 0 Å². The standard InChI is InChI=1S/C32H59NO/c1-3-31(2)27-23-21-19-17-15-13-11-9-7-5-4-6-8-10-12-14-16-18-20-22-24-28-32(34)33-29-25-26-30-33/h10,12,18,20,31H,3-9,11,13-17,19,21-30H2,1-2H3. The average molecular weight is 474 g/mol. The maximum Gasteiger partial charge on any atom is 0.222 e. The zero-order chi connectivity index (χ0) is 24.5. The normalized spacial score (nSPS) is 15.2. The molecule has 0 saturated carbocycles. The van der Waals surface area contributed by atoms with E-state index in [4.69, 9.17) is 0 Å². The minimum Gasteiger partial charge on any atom is -0.343 e. The molecule has 1 aliphatic rings. The second-order valence-corrected chi connectivity index (χ2v) is 10.8. The maximum atomic E-state index is 12.0. The molecule has 1 rings (SSSR count). The maximum absolute atomic E-state index is 12.0. The summed E-state index contributed by atoms with van der Waals surface area (Å²) in [5.41, 5.74) is 0. The molecule has 0 bridgehead atoms. The van der Waals surface area contributed by atoms with Gasteiger partial charge in [0.05, 0.1) is 0 Å². The Balaban J connectivity index is 1.73. The molecule has 0 N–H and O–H groups in total. The second-order valence-electron chi connectivity index (χ2n) is 10.8. The number of carbonyl (C=O) groups excluding carboxylic acids is 1. The zero-order valence-electron chi connectivity index (χ0n) is 23.2. The van der Waals surface area contributed by atoms with Crippen LogP contribution in [0.4, 0.5) is 0 Å². The van der Waals surface area contributed by atoms with E-state index in [1.807, 2.05) is 4.90 Å². The lowest BCUT2D eigenvalue weighted by molar-refractivity contribution is -0.130. The lowest BCUT2D eigenvalue weighted by Gasteiger charge is -2.14. The second kappa shape index (κ2) is 23.7. The number of rotatable bonds is 23. The Labute approximate surface area is 214 Å². The number of nitrogens with zero attached hydrogens (tertiary/aromatic N) is 1. The van der Waals surface area contributed by atoms with Crippen molar-refractivity contribution in [1.82, 2.24) is 4.90 Å². The van der Waals surface area contributed by atoms with Crippen LogP contribution >= 0.6 is 0 Å². The van der Waals surface area contributed by atoms with E-state index in [2.05, 4.69) is 38.2 Å². The lowest BCUT2D eigenvalue weighted by Crippen LogP contribution is -2.27. The van der Waals surface area contributed by atoms with Crippen molar-refractivity contribution >= 4 is 5.91 Å². The van der Waals surface area contributed by atoms with Gasteiger partial charge in [0.1, 0.15) is 0 Å². The highest BCUT2D eigenvalue weighted by Gasteiger charge is 2.16. The molecule has 0 aromatic rings. The van der Waals surface area contributed by atoms with Gasteiger partial charge in [0.25, 0.3) is 0 Å². The minimum atomic E-state index is 0.363. The third-order valence-electron chi connectivity index (χ3n) is 7.57. The topological polar surface area (TPSA) is 20.3 Å². The van der Waals surface area contributed by atoms with Crippen LogP contribution in [0.1, 0.15) is 155 Å². The monoisotopic (exact) mass is 473 g/mol. The molecule has 0 aromatic heterocycles. The summed E-state index contributed by atoms with van der Waals surface area (Å²) in [6.07, 6.45) is 38.0. The van der Waals surface area contributed by atoms with E-state index in [1.165, 1.54) is 109 Å². The fraction of sp³-hybridized carbons (Fsp3) is 0.844. The van der Waals surface area contributed by atoms with Crippen LogP contribution in [0.2, 0.25) is 0 Å². The number of carbonyl (C=O) groups is 1. The molecular weight excluding hydrogens is 414 g/mol. The van der Waals surface area contributed by atoms with E-state index in [1.54, 1.807) is 0 Å². The van der Waals surface area contributed by atoms with Crippen molar-refractivity contribution < 1.29 is 4.79 Å². The molecule has 1 amide bonds. The van der Waals surface area contributed by atoms with E-state index in [9.17, 15) is 4.79 Å². The van der Waals surface area contributed by atoms with Crippen molar-refractivity contribution in [3.8, 4) is 0 Å². The predicted molar refractivity (Wildman–Crippen MR) is 151 cm³/mol. The van der Waals surface area contributed by atoms with Gasteiger partial charge in [0.15, 0.2) is 0 Å². The highest BCUT2D eigenvalue weighted by atomic mass is 16.2. The van der Waals surface area contributed by atoms with E-state index in [0.717, 1.165) is 51.1 Å². The molecule has 1 saturated heterocycles. The first-order valence-electron chi connectivity index (χ1n) is 15.3. The zero-order valence-corrected chi connectivity index (χ0v) is 23.2. The first-order valence-corrected chi connectivity index (χ1v) is 15.3. The molecule has 1 atom stereocenters. The fourth-order valence-electron chi connectivity index (χ4n) is 4.89. The van der Waals surface area contributed by atoms with Gasteiger partial charge < -0.3 is 4.90 Å². The number of likely N-dealkylation sites (tertiary alicyclic amines) is 1. The average Bonchev–Trinajstić information content (AvgIpc) is 3.39. The smallest absolute Gasteiger partial charge is 0.222 e. The molecule has 0 aromatic carbocycles. The molecule has 0 radical (unpaired) electrons. The molecule has 2 nitrogen and oxygen atoms in total. The number of amides is 1. The third-order valence-corrected chi connectivity index (χ3v) is 7.57. The molecule has 198 valence electrons. The number of allylic oxidation sites excluding steroid dienone is 4. The highest BCUT2D eigenvalue weighted by molar-refractivity contribution is 5.76. The molecule has 0 spiro atoms. The Bertz CT molecular complexity index is 503. The van der Waals surface area contributed by atoms with Crippen LogP contribution in [0.3, 0.4) is 0 Å². The summed E-state index contributed by atoms with van der Waals surface area (Å²) in [7, 11) is 0. The third kappa shape index (κ3) is 19.3. The quantitative estimate of drug-likeness (QED) is 0.107. The molecule has 2 heteroatoms. The van der Waals surface area contributed by atoms with Gasteiger partial charge in [0, 0.05) is 19.5 Å². The molecule has 1 heterocycles. The van der Waals surface area contributed by atoms with Gasteiger partial charge >= 0.3 is 0 Å². The van der Waals surface area contributed by atoms with Crippen molar-refractivity contribution in [3.63, 3.8) is 0 Å². The summed E-state index contributed by atoms with van der Waals surface area (Å²) < 4.78 is 0. The van der Waals surface area contributed by atoms with Gasteiger partial charge in [-0.25, -0.2) is 0 Å². The first kappa shape index (κ1) is 31.0. The number of hydrogen-bond donors (Lipinski definition) is 0.